The van der Waals surface area contributed by atoms with Gasteiger partial charge >= 0.3 is 5.97 Å². The van der Waals surface area contributed by atoms with Gasteiger partial charge in [0.2, 0.25) is 0 Å². The second-order valence-electron chi connectivity index (χ2n) is 2.98. The zero-order valence-electron chi connectivity index (χ0n) is 8.95. The quantitative estimate of drug-likeness (QED) is 0.687. The van der Waals surface area contributed by atoms with E-state index in [1.54, 1.807) is 13.0 Å². The van der Waals surface area contributed by atoms with E-state index < -0.39 is 27.6 Å². The summed E-state index contributed by atoms with van der Waals surface area (Å²) >= 11 is 0. The standard InChI is InChI=1S/C8H10N4O4S/c1-2-16-7(13)5-12-8(17(10,14)15)6(3-9)4-11-12/h4H,2,5H2,1H3,(H2,10,14,15). The summed E-state index contributed by atoms with van der Waals surface area (Å²) in [6.45, 7) is 1.36. The summed E-state index contributed by atoms with van der Waals surface area (Å²) in [5, 5.41) is 16.7. The Kier molecular flexibility index (Phi) is 3.82. The molecular formula is C8H10N4O4S. The highest BCUT2D eigenvalue weighted by atomic mass is 32.2. The van der Waals surface area contributed by atoms with Gasteiger partial charge in [0.05, 0.1) is 12.8 Å². The number of nitrogens with zero attached hydrogens (tertiary/aromatic N) is 3. The molecule has 0 fully saturated rings. The molecule has 1 aromatic rings. The molecule has 1 rings (SSSR count). The van der Waals surface area contributed by atoms with E-state index in [4.69, 9.17) is 10.4 Å². The van der Waals surface area contributed by atoms with Gasteiger partial charge in [0.15, 0.2) is 5.03 Å². The molecule has 0 saturated heterocycles. The van der Waals surface area contributed by atoms with Crippen molar-refractivity contribution < 1.29 is 17.9 Å². The van der Waals surface area contributed by atoms with Crippen LogP contribution in [0.2, 0.25) is 0 Å². The summed E-state index contributed by atoms with van der Waals surface area (Å²) in [6, 6.07) is 1.63. The number of sulfonamides is 1. The molecule has 9 heteroatoms. The molecule has 8 nitrogen and oxygen atoms in total. The zero-order valence-corrected chi connectivity index (χ0v) is 9.77. The molecule has 0 bridgehead atoms. The van der Waals surface area contributed by atoms with Gasteiger partial charge < -0.3 is 4.74 Å². The largest absolute Gasteiger partial charge is 0.465 e. The van der Waals surface area contributed by atoms with E-state index in [1.165, 1.54) is 0 Å². The molecule has 0 unspecified atom stereocenters. The lowest BCUT2D eigenvalue weighted by Gasteiger charge is -2.05. The predicted octanol–water partition coefficient (Wildman–Crippen LogP) is -1.03. The number of primary sulfonamides is 1. The van der Waals surface area contributed by atoms with Crippen molar-refractivity contribution in [2.45, 2.75) is 18.5 Å². The third-order valence-corrected chi connectivity index (χ3v) is 2.73. The number of carbonyl (C=O) groups is 1. The number of esters is 1. The van der Waals surface area contributed by atoms with E-state index in [1.807, 2.05) is 0 Å². The molecule has 0 radical (unpaired) electrons. The van der Waals surface area contributed by atoms with Crippen LogP contribution in [-0.4, -0.2) is 30.8 Å². The van der Waals surface area contributed by atoms with Crippen molar-refractivity contribution in [3.63, 3.8) is 0 Å². The average Bonchev–Trinajstić information content (AvgIpc) is 2.60. The van der Waals surface area contributed by atoms with Crippen LogP contribution in [0.3, 0.4) is 0 Å². The van der Waals surface area contributed by atoms with E-state index in [0.717, 1.165) is 10.9 Å². The van der Waals surface area contributed by atoms with Crippen molar-refractivity contribution in [3.8, 4) is 6.07 Å². The summed E-state index contributed by atoms with van der Waals surface area (Å²) in [5.41, 5.74) is -0.211. The van der Waals surface area contributed by atoms with E-state index in [0.29, 0.717) is 0 Å². The minimum atomic E-state index is -4.12. The van der Waals surface area contributed by atoms with E-state index in [-0.39, 0.29) is 12.2 Å². The maximum absolute atomic E-state index is 11.2. The Morgan fingerprint density at radius 2 is 2.35 bits per heavy atom. The van der Waals surface area contributed by atoms with Crippen LogP contribution >= 0.6 is 0 Å². The van der Waals surface area contributed by atoms with Gasteiger partial charge in [0, 0.05) is 0 Å². The fourth-order valence-electron chi connectivity index (χ4n) is 1.19. The first-order valence-electron chi connectivity index (χ1n) is 4.54. The van der Waals surface area contributed by atoms with Crippen molar-refractivity contribution in [1.29, 1.82) is 5.26 Å². The number of hydrogen-bond acceptors (Lipinski definition) is 6. The average molecular weight is 258 g/mol. The number of aromatic nitrogens is 2. The Hall–Kier alpha value is -1.92. The van der Waals surface area contributed by atoms with E-state index in [9.17, 15) is 13.2 Å². The second-order valence-corrected chi connectivity index (χ2v) is 4.46. The summed E-state index contributed by atoms with van der Waals surface area (Å²) in [4.78, 5) is 11.2. The molecule has 0 atom stereocenters. The van der Waals surface area contributed by atoms with Crippen molar-refractivity contribution in [1.82, 2.24) is 9.78 Å². The number of nitrogens with two attached hydrogens (primary N) is 1. The minimum absolute atomic E-state index is 0.163. The first kappa shape index (κ1) is 13.1. The molecule has 92 valence electrons. The molecule has 0 amide bonds. The number of ether oxygens (including phenoxy) is 1. The fourth-order valence-corrected chi connectivity index (χ4v) is 2.00. The van der Waals surface area contributed by atoms with Crippen LogP contribution in [0.15, 0.2) is 11.2 Å². The highest BCUT2D eigenvalue weighted by Crippen LogP contribution is 2.12. The number of hydrogen-bond donors (Lipinski definition) is 1. The topological polar surface area (TPSA) is 128 Å². The minimum Gasteiger partial charge on any atom is -0.465 e. The smallest absolute Gasteiger partial charge is 0.327 e. The lowest BCUT2D eigenvalue weighted by Crippen LogP contribution is -2.22. The Balaban J connectivity index is 3.15. The molecule has 0 aromatic carbocycles. The number of carbonyl (C=O) groups excluding carboxylic acids is 1. The zero-order chi connectivity index (χ0) is 13.1. The van der Waals surface area contributed by atoms with Gasteiger partial charge in [-0.25, -0.2) is 18.2 Å². The van der Waals surface area contributed by atoms with Crippen molar-refractivity contribution >= 4 is 16.0 Å². The summed E-state index contributed by atoms with van der Waals surface area (Å²) < 4.78 is 28.0. The summed E-state index contributed by atoms with van der Waals surface area (Å²) in [5.74, 6) is -0.662. The number of nitriles is 1. The summed E-state index contributed by atoms with van der Waals surface area (Å²) in [6.07, 6.45) is 1.03. The second kappa shape index (κ2) is 4.94. The fraction of sp³-hybridized carbons (Fsp3) is 0.375. The molecule has 0 spiro atoms. The molecular weight excluding hydrogens is 248 g/mol. The van der Waals surface area contributed by atoms with Gasteiger partial charge in [-0.15, -0.1) is 0 Å². The van der Waals surface area contributed by atoms with Gasteiger partial charge in [-0.3, -0.25) is 4.79 Å². The lowest BCUT2D eigenvalue weighted by atomic mass is 10.4. The third kappa shape index (κ3) is 3.02. The van der Waals surface area contributed by atoms with Gasteiger partial charge in [-0.2, -0.15) is 10.4 Å². The van der Waals surface area contributed by atoms with Gasteiger partial charge in [-0.1, -0.05) is 0 Å². The maximum atomic E-state index is 11.2. The van der Waals surface area contributed by atoms with Crippen LogP contribution in [0.4, 0.5) is 0 Å². The van der Waals surface area contributed by atoms with Crippen molar-refractivity contribution in [2.75, 3.05) is 6.61 Å². The number of rotatable bonds is 4. The Labute approximate surface area is 97.6 Å². The molecule has 0 aliphatic heterocycles. The Morgan fingerprint density at radius 1 is 1.71 bits per heavy atom. The normalized spacial score (nSPS) is 10.9. The van der Waals surface area contributed by atoms with Crippen molar-refractivity contribution in [2.24, 2.45) is 5.14 Å². The molecule has 0 aliphatic rings. The highest BCUT2D eigenvalue weighted by Gasteiger charge is 2.22. The molecule has 2 N–H and O–H groups in total. The summed E-state index contributed by atoms with van der Waals surface area (Å²) in [7, 11) is -4.12. The Bertz CT molecular complexity index is 569. The Morgan fingerprint density at radius 3 is 2.82 bits per heavy atom. The van der Waals surface area contributed by atoms with E-state index >= 15 is 0 Å². The van der Waals surface area contributed by atoms with Crippen LogP contribution in [0, 0.1) is 11.3 Å². The first-order chi connectivity index (χ1) is 7.90. The maximum Gasteiger partial charge on any atom is 0.327 e. The first-order valence-corrected chi connectivity index (χ1v) is 6.09. The van der Waals surface area contributed by atoms with Crippen LogP contribution < -0.4 is 5.14 Å². The monoisotopic (exact) mass is 258 g/mol. The van der Waals surface area contributed by atoms with Gasteiger partial charge in [-0.05, 0) is 6.92 Å². The third-order valence-electron chi connectivity index (χ3n) is 1.77. The molecule has 0 aliphatic carbocycles. The molecule has 17 heavy (non-hydrogen) atoms. The molecule has 1 heterocycles. The SMILES string of the molecule is CCOC(=O)Cn1ncc(C#N)c1S(N)(=O)=O. The van der Waals surface area contributed by atoms with Crippen molar-refractivity contribution in [3.05, 3.63) is 11.8 Å². The molecule has 1 aromatic heterocycles. The van der Waals surface area contributed by atoms with Crippen LogP contribution in [0.1, 0.15) is 12.5 Å². The van der Waals surface area contributed by atoms with Crippen LogP contribution in [0.5, 0.6) is 0 Å². The van der Waals surface area contributed by atoms with E-state index in [2.05, 4.69) is 9.84 Å². The predicted molar refractivity (Wildman–Crippen MR) is 54.9 cm³/mol. The lowest BCUT2D eigenvalue weighted by molar-refractivity contribution is -0.144. The van der Waals surface area contributed by atoms with Gasteiger partial charge in [0.25, 0.3) is 10.0 Å². The van der Waals surface area contributed by atoms with Gasteiger partial charge in [0.1, 0.15) is 18.2 Å². The highest BCUT2D eigenvalue weighted by molar-refractivity contribution is 7.89. The molecule has 0 saturated carbocycles. The van der Waals surface area contributed by atoms with Crippen LogP contribution in [-0.2, 0) is 26.1 Å². The van der Waals surface area contributed by atoms with Crippen LogP contribution in [0.25, 0.3) is 0 Å².